The van der Waals surface area contributed by atoms with Crippen LogP contribution >= 0.6 is 11.8 Å². The lowest BCUT2D eigenvalue weighted by Crippen LogP contribution is -2.31. The molecule has 3 amide bonds. The number of anilines is 1. The van der Waals surface area contributed by atoms with E-state index in [4.69, 9.17) is 5.73 Å². The molecular weight excluding hydrogens is 410 g/mol. The number of hydrogen-bond acceptors (Lipinski definition) is 4. The number of hydrogen-bond donors (Lipinski definition) is 3. The second kappa shape index (κ2) is 11.0. The van der Waals surface area contributed by atoms with Crippen LogP contribution in [0.1, 0.15) is 58.4 Å². The van der Waals surface area contributed by atoms with Crippen LogP contribution < -0.4 is 16.4 Å². The minimum atomic E-state index is -0.501. The number of aryl methyl sites for hydroxylation is 1. The van der Waals surface area contributed by atoms with E-state index in [0.717, 1.165) is 11.4 Å². The molecule has 1 fully saturated rings. The Morgan fingerprint density at radius 1 is 1.03 bits per heavy atom. The Morgan fingerprint density at radius 2 is 1.77 bits per heavy atom. The van der Waals surface area contributed by atoms with Gasteiger partial charge in [0.05, 0.1) is 11.3 Å². The Kier molecular flexibility index (Phi) is 8.12. The Balaban J connectivity index is 1.57. The van der Waals surface area contributed by atoms with Crippen LogP contribution in [0.25, 0.3) is 0 Å². The molecule has 0 atom stereocenters. The zero-order valence-electron chi connectivity index (χ0n) is 17.8. The number of carbonyl (C=O) groups is 3. The molecule has 31 heavy (non-hydrogen) atoms. The largest absolute Gasteiger partial charge is 0.366 e. The summed E-state index contributed by atoms with van der Waals surface area (Å²) < 4.78 is 0. The van der Waals surface area contributed by atoms with E-state index in [1.807, 2.05) is 12.1 Å². The summed E-state index contributed by atoms with van der Waals surface area (Å²) in [5, 5.41) is 5.89. The summed E-state index contributed by atoms with van der Waals surface area (Å²) in [6, 6.07) is 12.2. The van der Waals surface area contributed by atoms with Crippen molar-refractivity contribution < 1.29 is 14.4 Å². The van der Waals surface area contributed by atoms with Crippen molar-refractivity contribution in [3.05, 3.63) is 59.2 Å². The van der Waals surface area contributed by atoms with E-state index in [9.17, 15) is 14.4 Å². The minimum absolute atomic E-state index is 0.0107. The molecule has 6 nitrogen and oxygen atoms in total. The van der Waals surface area contributed by atoms with Crippen molar-refractivity contribution in [1.29, 1.82) is 0 Å². The Bertz CT molecular complexity index is 955. The molecule has 3 rings (SSSR count). The molecule has 0 heterocycles. The standard InChI is InChI=1S/C24H29N3O3S/c1-16-13-18(11-12-19(16)23(25)29)27-24(30)20-9-5-6-10-21(20)31-15-22(28)26-14-17-7-3-2-4-8-17/h5-6,9-13,17H,2-4,7-8,14-15H2,1H3,(H2,25,29)(H,26,28)(H,27,30). The van der Waals surface area contributed by atoms with Gasteiger partial charge in [-0.1, -0.05) is 31.4 Å². The Morgan fingerprint density at radius 3 is 2.48 bits per heavy atom. The van der Waals surface area contributed by atoms with Crippen LogP contribution in [0.15, 0.2) is 47.4 Å². The van der Waals surface area contributed by atoms with Crippen molar-refractivity contribution in [3.8, 4) is 0 Å². The van der Waals surface area contributed by atoms with Crippen LogP contribution in [0, 0.1) is 12.8 Å². The summed E-state index contributed by atoms with van der Waals surface area (Å²) in [6.45, 7) is 2.51. The van der Waals surface area contributed by atoms with E-state index in [2.05, 4.69) is 10.6 Å². The second-order valence-corrected chi connectivity index (χ2v) is 8.96. The highest BCUT2D eigenvalue weighted by atomic mass is 32.2. The molecule has 0 saturated heterocycles. The summed E-state index contributed by atoms with van der Waals surface area (Å²) in [7, 11) is 0. The highest BCUT2D eigenvalue weighted by Gasteiger charge is 2.16. The fourth-order valence-electron chi connectivity index (χ4n) is 3.84. The number of nitrogens with one attached hydrogen (secondary N) is 2. The van der Waals surface area contributed by atoms with Gasteiger partial charge in [-0.3, -0.25) is 14.4 Å². The maximum atomic E-state index is 12.8. The number of thioether (sulfide) groups is 1. The van der Waals surface area contributed by atoms with Crippen molar-refractivity contribution in [2.45, 2.75) is 43.9 Å². The fourth-order valence-corrected chi connectivity index (χ4v) is 4.72. The average molecular weight is 440 g/mol. The summed E-state index contributed by atoms with van der Waals surface area (Å²) in [4.78, 5) is 37.2. The number of nitrogens with two attached hydrogens (primary N) is 1. The molecular formula is C24H29N3O3S. The van der Waals surface area contributed by atoms with Gasteiger partial charge in [0.25, 0.3) is 5.91 Å². The van der Waals surface area contributed by atoms with Crippen LogP contribution in [-0.2, 0) is 4.79 Å². The topological polar surface area (TPSA) is 101 Å². The third-order valence-electron chi connectivity index (χ3n) is 5.55. The van der Waals surface area contributed by atoms with Gasteiger partial charge in [-0.05, 0) is 61.6 Å². The maximum Gasteiger partial charge on any atom is 0.256 e. The smallest absolute Gasteiger partial charge is 0.256 e. The number of benzene rings is 2. The van der Waals surface area contributed by atoms with Gasteiger partial charge in [0.15, 0.2) is 0 Å². The highest BCUT2D eigenvalue weighted by molar-refractivity contribution is 8.00. The maximum absolute atomic E-state index is 12.8. The molecule has 0 aliphatic heterocycles. The van der Waals surface area contributed by atoms with Gasteiger partial charge in [0, 0.05) is 22.7 Å². The first-order chi connectivity index (χ1) is 14.9. The third-order valence-corrected chi connectivity index (χ3v) is 6.63. The monoisotopic (exact) mass is 439 g/mol. The van der Waals surface area contributed by atoms with Crippen molar-refractivity contribution in [2.75, 3.05) is 17.6 Å². The minimum Gasteiger partial charge on any atom is -0.366 e. The van der Waals surface area contributed by atoms with Gasteiger partial charge in [-0.2, -0.15) is 0 Å². The molecule has 0 radical (unpaired) electrons. The SMILES string of the molecule is Cc1cc(NC(=O)c2ccccc2SCC(=O)NCC2CCCCC2)ccc1C(N)=O. The predicted molar refractivity (Wildman–Crippen MR) is 124 cm³/mol. The van der Waals surface area contributed by atoms with Crippen LogP contribution in [-0.4, -0.2) is 30.0 Å². The van der Waals surface area contributed by atoms with Gasteiger partial charge in [0.2, 0.25) is 11.8 Å². The van der Waals surface area contributed by atoms with Crippen molar-refractivity contribution in [1.82, 2.24) is 5.32 Å². The molecule has 4 N–H and O–H groups in total. The second-order valence-electron chi connectivity index (χ2n) is 7.94. The molecule has 2 aromatic carbocycles. The lowest BCUT2D eigenvalue weighted by Gasteiger charge is -2.21. The first kappa shape index (κ1) is 22.9. The predicted octanol–water partition coefficient (Wildman–Crippen LogP) is 4.13. The van der Waals surface area contributed by atoms with E-state index >= 15 is 0 Å². The summed E-state index contributed by atoms with van der Waals surface area (Å²) >= 11 is 1.36. The zero-order valence-corrected chi connectivity index (χ0v) is 18.6. The van der Waals surface area contributed by atoms with E-state index < -0.39 is 5.91 Å². The molecule has 164 valence electrons. The summed E-state index contributed by atoms with van der Waals surface area (Å²) in [5.41, 5.74) is 7.54. The van der Waals surface area contributed by atoms with Crippen LogP contribution in [0.4, 0.5) is 5.69 Å². The van der Waals surface area contributed by atoms with Crippen molar-refractivity contribution in [2.24, 2.45) is 11.7 Å². The van der Waals surface area contributed by atoms with Crippen LogP contribution in [0.2, 0.25) is 0 Å². The molecule has 1 aliphatic carbocycles. The van der Waals surface area contributed by atoms with Crippen LogP contribution in [0.5, 0.6) is 0 Å². The average Bonchev–Trinajstić information content (AvgIpc) is 2.77. The first-order valence-electron chi connectivity index (χ1n) is 10.6. The lowest BCUT2D eigenvalue weighted by molar-refractivity contribution is -0.118. The van der Waals surface area contributed by atoms with E-state index in [1.165, 1.54) is 43.9 Å². The quantitative estimate of drug-likeness (QED) is 0.538. The van der Waals surface area contributed by atoms with Gasteiger partial charge >= 0.3 is 0 Å². The number of carbonyl (C=O) groups excluding carboxylic acids is 3. The lowest BCUT2D eigenvalue weighted by atomic mass is 9.89. The van der Waals surface area contributed by atoms with E-state index in [0.29, 0.717) is 28.3 Å². The summed E-state index contributed by atoms with van der Waals surface area (Å²) in [6.07, 6.45) is 6.19. The molecule has 0 unspecified atom stereocenters. The number of rotatable bonds is 8. The number of amides is 3. The van der Waals surface area contributed by atoms with Crippen LogP contribution in [0.3, 0.4) is 0 Å². The van der Waals surface area contributed by atoms with Gasteiger partial charge in [-0.15, -0.1) is 11.8 Å². The number of primary amides is 1. The Labute approximate surface area is 187 Å². The third kappa shape index (κ3) is 6.59. The van der Waals surface area contributed by atoms with Crippen molar-refractivity contribution in [3.63, 3.8) is 0 Å². The van der Waals surface area contributed by atoms with Gasteiger partial charge < -0.3 is 16.4 Å². The van der Waals surface area contributed by atoms with Gasteiger partial charge in [-0.25, -0.2) is 0 Å². The normalized spacial score (nSPS) is 14.1. The van der Waals surface area contributed by atoms with E-state index in [-0.39, 0.29) is 17.6 Å². The Hall–Kier alpha value is -2.80. The first-order valence-corrected chi connectivity index (χ1v) is 11.6. The zero-order chi connectivity index (χ0) is 22.2. The highest BCUT2D eigenvalue weighted by Crippen LogP contribution is 2.25. The summed E-state index contributed by atoms with van der Waals surface area (Å²) in [5.74, 6) is 0.0770. The molecule has 0 bridgehead atoms. The molecule has 2 aromatic rings. The van der Waals surface area contributed by atoms with Crippen molar-refractivity contribution >= 4 is 35.2 Å². The fraction of sp³-hybridized carbons (Fsp3) is 0.375. The molecule has 7 heteroatoms. The molecule has 0 spiro atoms. The molecule has 1 aliphatic rings. The van der Waals surface area contributed by atoms with Gasteiger partial charge in [0.1, 0.15) is 0 Å². The van der Waals surface area contributed by atoms with E-state index in [1.54, 1.807) is 37.3 Å². The molecule has 0 aromatic heterocycles. The molecule has 1 saturated carbocycles.